The Morgan fingerprint density at radius 2 is 1.73 bits per heavy atom. The predicted octanol–water partition coefficient (Wildman–Crippen LogP) is 3.49. The van der Waals surface area contributed by atoms with Crippen molar-refractivity contribution in [1.82, 2.24) is 14.8 Å². The summed E-state index contributed by atoms with van der Waals surface area (Å²) in [7, 11) is 0. The highest BCUT2D eigenvalue weighted by Gasteiger charge is 2.23. The van der Waals surface area contributed by atoms with E-state index in [1.807, 2.05) is 24.3 Å². The fourth-order valence-electron chi connectivity index (χ4n) is 4.38. The first kappa shape index (κ1) is 17.8. The molecule has 2 heterocycles. The molecule has 3 aromatic rings. The summed E-state index contributed by atoms with van der Waals surface area (Å²) in [6.45, 7) is 7.63. The van der Waals surface area contributed by atoms with Crippen molar-refractivity contribution in [2.24, 2.45) is 0 Å². The van der Waals surface area contributed by atoms with Crippen LogP contribution in [0.4, 0.5) is 0 Å². The summed E-state index contributed by atoms with van der Waals surface area (Å²) in [5, 5.41) is 17.4. The van der Waals surface area contributed by atoms with E-state index in [0.717, 1.165) is 34.5 Å². The Kier molecular flexibility index (Phi) is 4.93. The number of fused-ring (bicyclic) bond motifs is 3. The molecule has 5 heteroatoms. The van der Waals surface area contributed by atoms with Gasteiger partial charge in [-0.15, -0.1) is 0 Å². The van der Waals surface area contributed by atoms with Crippen LogP contribution in [-0.2, 0) is 6.54 Å². The zero-order valence-electron chi connectivity index (χ0n) is 15.3. The van der Waals surface area contributed by atoms with E-state index in [1.165, 1.54) is 5.39 Å². The van der Waals surface area contributed by atoms with Crippen LogP contribution < -0.4 is 5.32 Å². The Morgan fingerprint density at radius 1 is 1.04 bits per heavy atom. The summed E-state index contributed by atoms with van der Waals surface area (Å²) in [5.41, 5.74) is 2.27. The van der Waals surface area contributed by atoms with Gasteiger partial charge < -0.3 is 15.0 Å². The molecule has 2 N–H and O–H groups in total. The number of nitrogens with one attached hydrogen (secondary N) is 1. The monoisotopic (exact) mass is 371 g/mol. The number of nitrogens with zero attached hydrogens (tertiary/aromatic N) is 2. The largest absolute Gasteiger partial charge is 0.390 e. The molecule has 0 amide bonds. The van der Waals surface area contributed by atoms with Gasteiger partial charge in [0.2, 0.25) is 0 Å². The summed E-state index contributed by atoms with van der Waals surface area (Å²) < 4.78 is 2.22. The van der Waals surface area contributed by atoms with Gasteiger partial charge in [0, 0.05) is 58.5 Å². The maximum atomic E-state index is 10.8. The maximum absolute atomic E-state index is 10.8. The summed E-state index contributed by atoms with van der Waals surface area (Å²) >= 11 is 6.22. The number of halogens is 1. The van der Waals surface area contributed by atoms with Gasteiger partial charge in [0.25, 0.3) is 0 Å². The van der Waals surface area contributed by atoms with Gasteiger partial charge in [-0.1, -0.05) is 29.8 Å². The number of β-amino-alcohol motifs (C(OH)–C–C–N with tert-alkyl or cyclic N) is 1. The van der Waals surface area contributed by atoms with Gasteiger partial charge in [0.1, 0.15) is 0 Å². The lowest BCUT2D eigenvalue weighted by atomic mass is 10.1. The molecule has 0 spiro atoms. The molecule has 1 saturated heterocycles. The molecule has 26 heavy (non-hydrogen) atoms. The maximum Gasteiger partial charge on any atom is 0.0845 e. The summed E-state index contributed by atoms with van der Waals surface area (Å²) in [6.07, 6.45) is -0.415. The highest BCUT2D eigenvalue weighted by Crippen LogP contribution is 2.31. The minimum Gasteiger partial charge on any atom is -0.390 e. The average molecular weight is 372 g/mol. The Balaban J connectivity index is 1.61. The smallest absolute Gasteiger partial charge is 0.0845 e. The number of aliphatic hydroxyl groups excluding tert-OH is 1. The molecule has 1 aliphatic heterocycles. The first-order chi connectivity index (χ1) is 12.5. The summed E-state index contributed by atoms with van der Waals surface area (Å²) in [5.74, 6) is 0. The highest BCUT2D eigenvalue weighted by molar-refractivity contribution is 6.31. The normalized spacial score (nSPS) is 22.9. The minimum absolute atomic E-state index is 0.415. The third-order valence-corrected chi connectivity index (χ3v) is 5.46. The molecule has 0 radical (unpaired) electrons. The Bertz CT molecular complexity index is 912. The quantitative estimate of drug-likeness (QED) is 0.737. The molecular formula is C21H26ClN3O. The van der Waals surface area contributed by atoms with Gasteiger partial charge in [-0.2, -0.15) is 0 Å². The van der Waals surface area contributed by atoms with Crippen molar-refractivity contribution in [1.29, 1.82) is 0 Å². The number of hydrogen-bond acceptors (Lipinski definition) is 3. The average Bonchev–Trinajstić information content (AvgIpc) is 2.87. The first-order valence-corrected chi connectivity index (χ1v) is 9.72. The van der Waals surface area contributed by atoms with Crippen molar-refractivity contribution < 1.29 is 5.11 Å². The number of aromatic nitrogens is 1. The highest BCUT2D eigenvalue weighted by atomic mass is 35.5. The van der Waals surface area contributed by atoms with E-state index in [0.29, 0.717) is 25.2 Å². The van der Waals surface area contributed by atoms with E-state index in [-0.39, 0.29) is 0 Å². The van der Waals surface area contributed by atoms with Crippen LogP contribution in [0.2, 0.25) is 5.02 Å². The molecule has 3 atom stereocenters. The van der Waals surface area contributed by atoms with Crippen molar-refractivity contribution in [3.05, 3.63) is 47.5 Å². The van der Waals surface area contributed by atoms with Crippen LogP contribution in [0.1, 0.15) is 13.8 Å². The summed E-state index contributed by atoms with van der Waals surface area (Å²) in [6, 6.07) is 15.2. The standard InChI is InChI=1S/C21H26ClN3O/c1-14-10-24(11-15(2)23-14)12-17(26)13-25-20-6-4-3-5-18(20)19-9-16(22)7-8-21(19)25/h3-9,14-15,17,23,26H,10-13H2,1-2H3. The van der Waals surface area contributed by atoms with Gasteiger partial charge >= 0.3 is 0 Å². The molecule has 138 valence electrons. The van der Waals surface area contributed by atoms with Crippen LogP contribution in [0.5, 0.6) is 0 Å². The molecule has 1 aromatic heterocycles. The second-order valence-corrected chi connectivity index (χ2v) is 8.07. The van der Waals surface area contributed by atoms with Crippen LogP contribution in [0.15, 0.2) is 42.5 Å². The van der Waals surface area contributed by atoms with E-state index < -0.39 is 6.10 Å². The molecule has 0 bridgehead atoms. The van der Waals surface area contributed by atoms with E-state index in [9.17, 15) is 5.11 Å². The molecule has 4 nitrogen and oxygen atoms in total. The van der Waals surface area contributed by atoms with Gasteiger partial charge in [0.15, 0.2) is 0 Å². The second kappa shape index (κ2) is 7.20. The fourth-order valence-corrected chi connectivity index (χ4v) is 4.55. The molecule has 1 fully saturated rings. The van der Waals surface area contributed by atoms with Gasteiger partial charge in [-0.3, -0.25) is 4.90 Å². The van der Waals surface area contributed by atoms with Gasteiger partial charge in [0.05, 0.1) is 12.6 Å². The SMILES string of the molecule is CC1CN(CC(O)Cn2c3ccccc3c3cc(Cl)ccc32)CC(C)N1. The van der Waals surface area contributed by atoms with Gasteiger partial charge in [-0.25, -0.2) is 0 Å². The predicted molar refractivity (Wildman–Crippen MR) is 109 cm³/mol. The van der Waals surface area contributed by atoms with Crippen LogP contribution >= 0.6 is 11.6 Å². The molecule has 4 rings (SSSR count). The van der Waals surface area contributed by atoms with Crippen LogP contribution in [0.25, 0.3) is 21.8 Å². The number of rotatable bonds is 4. The van der Waals surface area contributed by atoms with E-state index in [2.05, 4.69) is 46.8 Å². The minimum atomic E-state index is -0.415. The third kappa shape index (κ3) is 3.47. The molecule has 1 aliphatic rings. The van der Waals surface area contributed by atoms with Crippen LogP contribution in [-0.4, -0.2) is 52.4 Å². The Morgan fingerprint density at radius 3 is 2.50 bits per heavy atom. The molecular weight excluding hydrogens is 346 g/mol. The van der Waals surface area contributed by atoms with E-state index in [4.69, 9.17) is 11.6 Å². The Labute approximate surface area is 159 Å². The number of hydrogen-bond donors (Lipinski definition) is 2. The molecule has 0 aliphatic carbocycles. The van der Waals surface area contributed by atoms with Crippen molar-refractivity contribution in [3.8, 4) is 0 Å². The molecule has 0 saturated carbocycles. The first-order valence-electron chi connectivity index (χ1n) is 9.34. The number of para-hydroxylation sites is 1. The van der Waals surface area contributed by atoms with Crippen molar-refractivity contribution in [2.75, 3.05) is 19.6 Å². The molecule has 3 unspecified atom stereocenters. The van der Waals surface area contributed by atoms with Crippen molar-refractivity contribution in [2.45, 2.75) is 38.6 Å². The van der Waals surface area contributed by atoms with Crippen molar-refractivity contribution in [3.63, 3.8) is 0 Å². The zero-order valence-corrected chi connectivity index (χ0v) is 16.1. The Hall–Kier alpha value is -1.59. The van der Waals surface area contributed by atoms with Crippen molar-refractivity contribution >= 4 is 33.4 Å². The van der Waals surface area contributed by atoms with Crippen LogP contribution in [0.3, 0.4) is 0 Å². The third-order valence-electron chi connectivity index (χ3n) is 5.23. The van der Waals surface area contributed by atoms with E-state index >= 15 is 0 Å². The number of benzene rings is 2. The lowest BCUT2D eigenvalue weighted by molar-refractivity contribution is 0.0758. The molecule has 2 aromatic carbocycles. The number of aliphatic hydroxyl groups is 1. The number of piperazine rings is 1. The lowest BCUT2D eigenvalue weighted by Crippen LogP contribution is -2.55. The summed E-state index contributed by atoms with van der Waals surface area (Å²) in [4.78, 5) is 2.36. The zero-order chi connectivity index (χ0) is 18.3. The van der Waals surface area contributed by atoms with E-state index in [1.54, 1.807) is 0 Å². The second-order valence-electron chi connectivity index (χ2n) is 7.63. The van der Waals surface area contributed by atoms with Gasteiger partial charge in [-0.05, 0) is 38.1 Å². The topological polar surface area (TPSA) is 40.4 Å². The fraction of sp³-hybridized carbons (Fsp3) is 0.429. The lowest BCUT2D eigenvalue weighted by Gasteiger charge is -2.37. The van der Waals surface area contributed by atoms with Crippen LogP contribution in [0, 0.1) is 0 Å².